The molecule has 8 unspecified atom stereocenters. The van der Waals surface area contributed by atoms with E-state index in [9.17, 15) is 0 Å². The Morgan fingerprint density at radius 2 is 0.800 bits per heavy atom. The molecule has 0 radical (unpaired) electrons. The average Bonchev–Trinajstić information content (AvgIpc) is 3.34. The Kier molecular flexibility index (Phi) is 4.41. The predicted molar refractivity (Wildman–Crippen MR) is 122 cm³/mol. The van der Waals surface area contributed by atoms with Crippen LogP contribution >= 0.6 is 47.0 Å². The van der Waals surface area contributed by atoms with Crippen LogP contribution in [0.2, 0.25) is 24.2 Å². The van der Waals surface area contributed by atoms with Crippen molar-refractivity contribution in [3.05, 3.63) is 0 Å². The molecule has 4 aliphatic heterocycles. The summed E-state index contributed by atoms with van der Waals surface area (Å²) in [6, 6.07) is 0. The minimum atomic E-state index is -1.23. The largest absolute Gasteiger partial charge is 0.157 e. The van der Waals surface area contributed by atoms with Crippen molar-refractivity contribution < 1.29 is 0 Å². The lowest BCUT2D eigenvalue weighted by molar-refractivity contribution is 0.426. The van der Waals surface area contributed by atoms with Crippen LogP contribution in [-0.2, 0) is 0 Å². The highest BCUT2D eigenvalue weighted by Gasteiger charge is 2.65. The van der Waals surface area contributed by atoms with Gasteiger partial charge in [-0.15, -0.1) is 0 Å². The fourth-order valence-electron chi connectivity index (χ4n) is 8.47. The van der Waals surface area contributed by atoms with Gasteiger partial charge in [0.25, 0.3) is 0 Å². The molecule has 0 amide bonds. The Bertz CT molecular complexity index is 468. The van der Waals surface area contributed by atoms with Gasteiger partial charge in [-0.05, 0) is 83.4 Å². The van der Waals surface area contributed by atoms with Crippen LogP contribution in [-0.4, -0.2) is 52.1 Å². The van der Waals surface area contributed by atoms with Crippen molar-refractivity contribution in [1.82, 2.24) is 0 Å². The van der Waals surface area contributed by atoms with Crippen LogP contribution in [0.1, 0.15) is 25.7 Å². The molecule has 0 N–H and O–H groups in total. The molecular formula is C20H32S4Si. The fourth-order valence-corrected chi connectivity index (χ4v) is 22.8. The van der Waals surface area contributed by atoms with Gasteiger partial charge < -0.3 is 0 Å². The maximum Gasteiger partial charge on any atom is 0.0548 e. The zero-order valence-corrected chi connectivity index (χ0v) is 19.8. The van der Waals surface area contributed by atoms with Crippen molar-refractivity contribution in [3.63, 3.8) is 0 Å². The Morgan fingerprint density at radius 3 is 1.08 bits per heavy atom. The lowest BCUT2D eigenvalue weighted by atomic mass is 9.98. The summed E-state index contributed by atoms with van der Waals surface area (Å²) in [5, 5.41) is 4.22. The minimum Gasteiger partial charge on any atom is -0.157 e. The molecule has 0 aromatic rings. The van der Waals surface area contributed by atoms with Gasteiger partial charge in [-0.3, -0.25) is 0 Å². The summed E-state index contributed by atoms with van der Waals surface area (Å²) in [7, 11) is -1.23. The first kappa shape index (κ1) is 17.5. The van der Waals surface area contributed by atoms with Gasteiger partial charge >= 0.3 is 0 Å². The number of hydrogen-bond donors (Lipinski definition) is 0. The molecule has 4 saturated heterocycles. The summed E-state index contributed by atoms with van der Waals surface area (Å²) in [5.41, 5.74) is 2.35. The van der Waals surface area contributed by atoms with Crippen LogP contribution in [0.25, 0.3) is 0 Å². The number of fused-ring (bicyclic) bond motifs is 6. The second kappa shape index (κ2) is 6.31. The molecule has 0 spiro atoms. The Morgan fingerprint density at radius 1 is 0.520 bits per heavy atom. The predicted octanol–water partition coefficient (Wildman–Crippen LogP) is 5.95. The maximum atomic E-state index is 2.90. The quantitative estimate of drug-likeness (QED) is 0.498. The topological polar surface area (TPSA) is 0 Å². The van der Waals surface area contributed by atoms with E-state index in [0.29, 0.717) is 0 Å². The number of hydrogen-bond acceptors (Lipinski definition) is 4. The van der Waals surface area contributed by atoms with Crippen molar-refractivity contribution >= 4 is 55.1 Å². The van der Waals surface area contributed by atoms with Gasteiger partial charge in [-0.1, -0.05) is 13.1 Å². The molecule has 5 heteroatoms. The highest BCUT2D eigenvalue weighted by molar-refractivity contribution is 8.04. The van der Waals surface area contributed by atoms with E-state index < -0.39 is 8.07 Å². The first-order chi connectivity index (χ1) is 12.2. The van der Waals surface area contributed by atoms with E-state index in [2.05, 4.69) is 60.1 Å². The molecule has 2 aliphatic carbocycles. The van der Waals surface area contributed by atoms with Crippen molar-refractivity contribution in [2.24, 2.45) is 23.7 Å². The van der Waals surface area contributed by atoms with Crippen LogP contribution in [0.3, 0.4) is 0 Å². The number of thioether (sulfide) groups is 4. The third kappa shape index (κ3) is 2.37. The normalized spacial score (nSPS) is 56.9. The van der Waals surface area contributed by atoms with Crippen LogP contribution in [0.5, 0.6) is 0 Å². The Hall–Kier alpha value is 1.62. The summed E-state index contributed by atoms with van der Waals surface area (Å²) >= 11 is 9.54. The summed E-state index contributed by atoms with van der Waals surface area (Å²) in [6.45, 7) is 5.80. The highest BCUT2D eigenvalue weighted by Crippen LogP contribution is 2.70. The van der Waals surface area contributed by atoms with E-state index in [4.69, 9.17) is 0 Å². The maximum absolute atomic E-state index is 2.90. The van der Waals surface area contributed by atoms with Gasteiger partial charge in [0.05, 0.1) is 8.07 Å². The molecule has 0 aromatic heterocycles. The van der Waals surface area contributed by atoms with Gasteiger partial charge in [0, 0.05) is 21.0 Å². The molecule has 140 valence electrons. The zero-order chi connectivity index (χ0) is 16.8. The minimum absolute atomic E-state index is 1.05. The second-order valence-electron chi connectivity index (χ2n) is 10.0. The first-order valence-electron chi connectivity index (χ1n) is 10.6. The molecule has 4 heterocycles. The van der Waals surface area contributed by atoms with Gasteiger partial charge in [-0.2, -0.15) is 47.0 Å². The molecule has 8 atom stereocenters. The lowest BCUT2D eigenvalue weighted by Gasteiger charge is -2.45. The van der Waals surface area contributed by atoms with Gasteiger partial charge in [0.15, 0.2) is 0 Å². The summed E-state index contributed by atoms with van der Waals surface area (Å²) in [5.74, 6) is 10.4. The SMILES string of the molecule is C[Si](C)(C1C2CCSC2C2SCCC21)C1C2CCSC2C2SCCC21. The van der Waals surface area contributed by atoms with Crippen LogP contribution < -0.4 is 0 Å². The zero-order valence-electron chi connectivity index (χ0n) is 15.6. The monoisotopic (exact) mass is 428 g/mol. The number of rotatable bonds is 2. The molecule has 0 aromatic carbocycles. The third-order valence-electron chi connectivity index (χ3n) is 8.94. The Labute approximate surface area is 172 Å². The molecule has 6 aliphatic rings. The Balaban J connectivity index is 1.38. The van der Waals surface area contributed by atoms with Crippen LogP contribution in [0, 0.1) is 23.7 Å². The van der Waals surface area contributed by atoms with E-state index in [0.717, 1.165) is 44.7 Å². The molecular weight excluding hydrogens is 397 g/mol. The summed E-state index contributed by atoms with van der Waals surface area (Å²) in [4.78, 5) is 0. The first-order valence-corrected chi connectivity index (χ1v) is 18.0. The van der Waals surface area contributed by atoms with E-state index >= 15 is 0 Å². The summed E-state index contributed by atoms with van der Waals surface area (Å²) in [6.07, 6.45) is 6.29. The summed E-state index contributed by atoms with van der Waals surface area (Å²) < 4.78 is 0. The van der Waals surface area contributed by atoms with E-state index in [1.54, 1.807) is 25.7 Å². The molecule has 2 saturated carbocycles. The van der Waals surface area contributed by atoms with Crippen molar-refractivity contribution in [1.29, 1.82) is 0 Å². The van der Waals surface area contributed by atoms with Crippen molar-refractivity contribution in [3.8, 4) is 0 Å². The molecule has 6 rings (SSSR count). The fraction of sp³-hybridized carbons (Fsp3) is 1.00. The van der Waals surface area contributed by atoms with E-state index in [1.165, 1.54) is 34.1 Å². The van der Waals surface area contributed by atoms with Gasteiger partial charge in [0.2, 0.25) is 0 Å². The molecule has 6 fully saturated rings. The molecule has 0 bridgehead atoms. The second-order valence-corrected chi connectivity index (χ2v) is 20.1. The van der Waals surface area contributed by atoms with Crippen molar-refractivity contribution in [2.75, 3.05) is 23.0 Å². The average molecular weight is 429 g/mol. The lowest BCUT2D eigenvalue weighted by Crippen LogP contribution is -2.46. The van der Waals surface area contributed by atoms with Gasteiger partial charge in [0.1, 0.15) is 0 Å². The van der Waals surface area contributed by atoms with E-state index in [1.807, 2.05) is 0 Å². The standard InChI is InChI=1S/C20H32S4Si/c1-25(2,19-11-3-7-21-15(11)16-12(19)4-8-22-16)20-13-5-9-23-17(13)18-14(20)6-10-24-18/h11-20H,3-10H2,1-2H3. The molecule has 0 nitrogen and oxygen atoms in total. The molecule has 25 heavy (non-hydrogen) atoms. The highest BCUT2D eigenvalue weighted by atomic mass is 32.2. The van der Waals surface area contributed by atoms with Gasteiger partial charge in [-0.25, -0.2) is 0 Å². The third-order valence-corrected chi connectivity index (χ3v) is 20.4. The van der Waals surface area contributed by atoms with Crippen LogP contribution in [0.15, 0.2) is 0 Å². The van der Waals surface area contributed by atoms with Crippen molar-refractivity contribution in [2.45, 2.75) is 70.9 Å². The van der Waals surface area contributed by atoms with Crippen LogP contribution in [0.4, 0.5) is 0 Å². The van der Waals surface area contributed by atoms with E-state index in [-0.39, 0.29) is 0 Å². The smallest absolute Gasteiger partial charge is 0.0548 e.